The molecule has 0 aromatic heterocycles. The topological polar surface area (TPSA) is 40.5 Å². The van der Waals surface area contributed by atoms with Crippen molar-refractivity contribution in [2.24, 2.45) is 5.92 Å². The zero-order valence-electron chi connectivity index (χ0n) is 12.2. The van der Waals surface area contributed by atoms with Crippen molar-refractivity contribution in [3.63, 3.8) is 0 Å². The van der Waals surface area contributed by atoms with Crippen molar-refractivity contribution in [2.75, 3.05) is 19.7 Å². The summed E-state index contributed by atoms with van der Waals surface area (Å²) in [5.41, 5.74) is 1.10. The molecule has 0 spiro atoms. The summed E-state index contributed by atoms with van der Waals surface area (Å²) in [6.07, 6.45) is 2.29. The molecule has 1 fully saturated rings. The fourth-order valence-corrected chi connectivity index (χ4v) is 3.09. The van der Waals surface area contributed by atoms with E-state index in [4.69, 9.17) is 5.11 Å². The van der Waals surface area contributed by atoms with Gasteiger partial charge >= 0.3 is 0 Å². The first-order valence-corrected chi connectivity index (χ1v) is 7.63. The zero-order valence-corrected chi connectivity index (χ0v) is 12.2. The Bertz CT molecular complexity index is 625. The minimum atomic E-state index is 0.197. The number of aliphatic hydroxyl groups is 1. The average Bonchev–Trinajstić information content (AvgIpc) is 2.55. The highest BCUT2D eigenvalue weighted by molar-refractivity contribution is 5.90. The van der Waals surface area contributed by atoms with Gasteiger partial charge in [0.2, 0.25) is 5.91 Å². The molecular weight excluding hydrogens is 262 g/mol. The Labute approximate surface area is 125 Å². The number of hydrogen-bond donors (Lipinski definition) is 1. The molecule has 1 heterocycles. The zero-order chi connectivity index (χ0) is 14.7. The second-order valence-corrected chi connectivity index (χ2v) is 5.82. The molecule has 3 nitrogen and oxygen atoms in total. The number of piperidine rings is 1. The first-order valence-electron chi connectivity index (χ1n) is 7.63. The van der Waals surface area contributed by atoms with Gasteiger partial charge in [-0.2, -0.15) is 0 Å². The second-order valence-electron chi connectivity index (χ2n) is 5.82. The maximum Gasteiger partial charge on any atom is 0.227 e. The van der Waals surface area contributed by atoms with Crippen molar-refractivity contribution in [3.05, 3.63) is 48.0 Å². The fourth-order valence-electron chi connectivity index (χ4n) is 3.09. The van der Waals surface area contributed by atoms with Crippen LogP contribution in [-0.2, 0) is 11.2 Å². The van der Waals surface area contributed by atoms with E-state index in [1.54, 1.807) is 0 Å². The highest BCUT2D eigenvalue weighted by Gasteiger charge is 2.22. The van der Waals surface area contributed by atoms with E-state index in [9.17, 15) is 4.79 Å². The number of fused-ring (bicyclic) bond motifs is 1. The Morgan fingerprint density at radius 3 is 2.57 bits per heavy atom. The van der Waals surface area contributed by atoms with Crippen LogP contribution in [0.5, 0.6) is 0 Å². The molecule has 0 atom stereocenters. The third-order valence-corrected chi connectivity index (χ3v) is 4.45. The summed E-state index contributed by atoms with van der Waals surface area (Å²) < 4.78 is 0. The van der Waals surface area contributed by atoms with Gasteiger partial charge in [0, 0.05) is 19.7 Å². The molecule has 1 aliphatic heterocycles. The second kappa shape index (κ2) is 6.27. The number of aliphatic hydroxyl groups excluding tert-OH is 1. The molecule has 1 amide bonds. The minimum Gasteiger partial charge on any atom is -0.396 e. The minimum absolute atomic E-state index is 0.197. The predicted molar refractivity (Wildman–Crippen MR) is 84.0 cm³/mol. The number of benzene rings is 2. The number of hydrogen-bond acceptors (Lipinski definition) is 2. The summed E-state index contributed by atoms with van der Waals surface area (Å²) in [6.45, 7) is 1.79. The van der Waals surface area contributed by atoms with Crippen molar-refractivity contribution < 1.29 is 9.90 Å². The van der Waals surface area contributed by atoms with E-state index in [0.717, 1.165) is 31.5 Å². The molecule has 2 aromatic rings. The van der Waals surface area contributed by atoms with Crippen molar-refractivity contribution in [1.29, 1.82) is 0 Å². The summed E-state index contributed by atoms with van der Waals surface area (Å²) in [7, 11) is 0. The lowest BCUT2D eigenvalue weighted by Gasteiger charge is -2.31. The number of carbonyl (C=O) groups excluding carboxylic acids is 1. The van der Waals surface area contributed by atoms with Gasteiger partial charge in [-0.15, -0.1) is 0 Å². The summed E-state index contributed by atoms with van der Waals surface area (Å²) in [5.74, 6) is 0.564. The Balaban J connectivity index is 1.72. The Morgan fingerprint density at radius 2 is 1.81 bits per heavy atom. The van der Waals surface area contributed by atoms with E-state index in [1.165, 1.54) is 10.8 Å². The molecule has 1 aliphatic rings. The smallest absolute Gasteiger partial charge is 0.227 e. The Kier molecular flexibility index (Phi) is 4.20. The molecule has 21 heavy (non-hydrogen) atoms. The summed E-state index contributed by atoms with van der Waals surface area (Å²) >= 11 is 0. The predicted octanol–water partition coefficient (Wildman–Crippen LogP) is 2.61. The molecule has 110 valence electrons. The van der Waals surface area contributed by atoms with Crippen molar-refractivity contribution in [2.45, 2.75) is 19.3 Å². The maximum absolute atomic E-state index is 12.5. The molecular formula is C18H21NO2. The molecule has 0 radical (unpaired) electrons. The first kappa shape index (κ1) is 14.1. The standard InChI is InChI=1S/C18H21NO2/c20-13-14-8-10-19(11-9-14)18(21)12-16-6-3-5-15-4-1-2-7-17(15)16/h1-7,14,20H,8-13H2. The SMILES string of the molecule is O=C(Cc1cccc2ccccc12)N1CCC(CO)CC1. The first-order chi connectivity index (χ1) is 10.3. The third-order valence-electron chi connectivity index (χ3n) is 4.45. The molecule has 3 heteroatoms. The number of likely N-dealkylation sites (tertiary alicyclic amines) is 1. The van der Waals surface area contributed by atoms with Gasteiger partial charge in [0.1, 0.15) is 0 Å². The van der Waals surface area contributed by atoms with Crippen LogP contribution in [0.2, 0.25) is 0 Å². The van der Waals surface area contributed by atoms with Crippen molar-refractivity contribution in [1.82, 2.24) is 4.90 Å². The van der Waals surface area contributed by atoms with Gasteiger partial charge in [-0.1, -0.05) is 42.5 Å². The van der Waals surface area contributed by atoms with Crippen LogP contribution >= 0.6 is 0 Å². The van der Waals surface area contributed by atoms with Crippen molar-refractivity contribution >= 4 is 16.7 Å². The lowest BCUT2D eigenvalue weighted by atomic mass is 9.96. The number of carbonyl (C=O) groups is 1. The number of nitrogens with zero attached hydrogens (tertiary/aromatic N) is 1. The summed E-state index contributed by atoms with van der Waals surface area (Å²) in [6, 6.07) is 14.3. The van der Waals surface area contributed by atoms with E-state index < -0.39 is 0 Å². The molecule has 3 rings (SSSR count). The molecule has 0 bridgehead atoms. The number of amides is 1. The van der Waals surface area contributed by atoms with Gasteiger partial charge in [-0.05, 0) is 35.1 Å². The lowest BCUT2D eigenvalue weighted by molar-refractivity contribution is -0.132. The maximum atomic E-state index is 12.5. The van der Waals surface area contributed by atoms with Crippen LogP contribution in [0.1, 0.15) is 18.4 Å². The van der Waals surface area contributed by atoms with Crippen LogP contribution in [0.3, 0.4) is 0 Å². The molecule has 0 saturated carbocycles. The molecule has 1 saturated heterocycles. The third kappa shape index (κ3) is 3.08. The van der Waals surface area contributed by atoms with Gasteiger partial charge < -0.3 is 10.0 Å². The van der Waals surface area contributed by atoms with Crippen molar-refractivity contribution in [3.8, 4) is 0 Å². The van der Waals surface area contributed by atoms with E-state index >= 15 is 0 Å². The molecule has 2 aromatic carbocycles. The van der Waals surface area contributed by atoms with Crippen LogP contribution in [0.15, 0.2) is 42.5 Å². The van der Waals surface area contributed by atoms with Gasteiger partial charge in [0.25, 0.3) is 0 Å². The normalized spacial score (nSPS) is 16.3. The average molecular weight is 283 g/mol. The highest BCUT2D eigenvalue weighted by atomic mass is 16.3. The van der Waals surface area contributed by atoms with Gasteiger partial charge in [0.05, 0.1) is 6.42 Å². The van der Waals surface area contributed by atoms with Crippen LogP contribution in [-0.4, -0.2) is 35.6 Å². The number of rotatable bonds is 3. The molecule has 1 N–H and O–H groups in total. The highest BCUT2D eigenvalue weighted by Crippen LogP contribution is 2.21. The van der Waals surface area contributed by atoms with E-state index in [1.807, 2.05) is 29.2 Å². The van der Waals surface area contributed by atoms with Gasteiger partial charge in [0.15, 0.2) is 0 Å². The molecule has 0 aliphatic carbocycles. The van der Waals surface area contributed by atoms with Crippen LogP contribution in [0, 0.1) is 5.92 Å². The summed E-state index contributed by atoms with van der Waals surface area (Å²) in [4.78, 5) is 14.4. The molecule has 0 unspecified atom stereocenters. The Hall–Kier alpha value is -1.87. The largest absolute Gasteiger partial charge is 0.396 e. The quantitative estimate of drug-likeness (QED) is 0.940. The fraction of sp³-hybridized carbons (Fsp3) is 0.389. The lowest BCUT2D eigenvalue weighted by Crippen LogP contribution is -2.40. The van der Waals surface area contributed by atoms with Gasteiger partial charge in [-0.25, -0.2) is 0 Å². The monoisotopic (exact) mass is 283 g/mol. The van der Waals surface area contributed by atoms with E-state index in [-0.39, 0.29) is 12.5 Å². The Morgan fingerprint density at radius 1 is 1.10 bits per heavy atom. The van der Waals surface area contributed by atoms with Crippen LogP contribution < -0.4 is 0 Å². The van der Waals surface area contributed by atoms with E-state index in [2.05, 4.69) is 18.2 Å². The van der Waals surface area contributed by atoms with E-state index in [0.29, 0.717) is 12.3 Å². The van der Waals surface area contributed by atoms with Gasteiger partial charge in [-0.3, -0.25) is 4.79 Å². The summed E-state index contributed by atoms with van der Waals surface area (Å²) in [5, 5.41) is 11.5. The van der Waals surface area contributed by atoms with Crippen LogP contribution in [0.4, 0.5) is 0 Å². The van der Waals surface area contributed by atoms with Crippen LogP contribution in [0.25, 0.3) is 10.8 Å².